The van der Waals surface area contributed by atoms with Crippen LogP contribution in [0.2, 0.25) is 0 Å². The van der Waals surface area contributed by atoms with Crippen LogP contribution in [0.1, 0.15) is 5.82 Å². The summed E-state index contributed by atoms with van der Waals surface area (Å²) >= 11 is 3.37. The Morgan fingerprint density at radius 2 is 2.21 bits per heavy atom. The number of hydrogen-bond acceptors (Lipinski definition) is 4. The van der Waals surface area contributed by atoms with Crippen molar-refractivity contribution in [2.24, 2.45) is 5.73 Å². The maximum atomic E-state index is 5.77. The minimum absolute atomic E-state index is 0.481. The Hall–Kier alpha value is -1.14. The third-order valence-corrected chi connectivity index (χ3v) is 2.50. The number of halogens is 1. The summed E-state index contributed by atoms with van der Waals surface area (Å²) in [5.74, 6) is 1.14. The van der Waals surface area contributed by atoms with Crippen molar-refractivity contribution in [2.45, 2.75) is 6.42 Å². The predicted molar refractivity (Wildman–Crippen MR) is 57.9 cm³/mol. The molecule has 0 spiro atoms. The second kappa shape index (κ2) is 3.55. The van der Waals surface area contributed by atoms with Gasteiger partial charge in [0.05, 0.1) is 0 Å². The highest BCUT2D eigenvalue weighted by molar-refractivity contribution is 9.10. The van der Waals surface area contributed by atoms with Gasteiger partial charge in [0.2, 0.25) is 0 Å². The van der Waals surface area contributed by atoms with Crippen LogP contribution in [0.25, 0.3) is 5.52 Å². The van der Waals surface area contributed by atoms with E-state index in [4.69, 9.17) is 11.5 Å². The summed E-state index contributed by atoms with van der Waals surface area (Å²) in [6.07, 6.45) is 0.630. The molecule has 2 heterocycles. The average molecular weight is 256 g/mol. The molecule has 0 bridgehead atoms. The van der Waals surface area contributed by atoms with Gasteiger partial charge in [-0.1, -0.05) is 0 Å². The van der Waals surface area contributed by atoms with Gasteiger partial charge in [0, 0.05) is 6.42 Å². The van der Waals surface area contributed by atoms with Gasteiger partial charge in [0.1, 0.15) is 10.1 Å². The number of nitrogens with zero attached hydrogens (tertiary/aromatic N) is 3. The van der Waals surface area contributed by atoms with Crippen LogP contribution < -0.4 is 11.5 Å². The third kappa shape index (κ3) is 1.46. The lowest BCUT2D eigenvalue weighted by molar-refractivity contribution is 0.780. The summed E-state index contributed by atoms with van der Waals surface area (Å²) in [5, 5.41) is 4.28. The molecule has 0 aromatic carbocycles. The van der Waals surface area contributed by atoms with E-state index in [1.807, 2.05) is 12.1 Å². The maximum Gasteiger partial charge on any atom is 0.152 e. The van der Waals surface area contributed by atoms with Crippen molar-refractivity contribution >= 4 is 27.3 Å². The smallest absolute Gasteiger partial charge is 0.152 e. The standard InChI is InChI=1S/C8H10BrN5/c9-6-2-1-5-8(11)12-7(3-4-10)13-14(5)6/h1-2H,3-4,10H2,(H2,11,12,13). The fourth-order valence-corrected chi connectivity index (χ4v) is 1.67. The molecule has 6 heteroatoms. The quantitative estimate of drug-likeness (QED) is 0.823. The van der Waals surface area contributed by atoms with Crippen molar-refractivity contribution in [1.82, 2.24) is 14.6 Å². The molecule has 0 unspecified atom stereocenters. The Kier molecular flexibility index (Phi) is 2.39. The molecule has 0 aliphatic heterocycles. The third-order valence-electron chi connectivity index (χ3n) is 1.90. The Labute approximate surface area is 89.2 Å². The van der Waals surface area contributed by atoms with Crippen molar-refractivity contribution in [1.29, 1.82) is 0 Å². The number of nitrogens with two attached hydrogens (primary N) is 2. The summed E-state index contributed by atoms with van der Waals surface area (Å²) < 4.78 is 2.58. The van der Waals surface area contributed by atoms with Gasteiger partial charge in [-0.05, 0) is 34.6 Å². The topological polar surface area (TPSA) is 82.2 Å². The number of hydrogen-bond donors (Lipinski definition) is 2. The molecule has 2 rings (SSSR count). The first kappa shape index (κ1) is 9.42. The first-order valence-electron chi connectivity index (χ1n) is 4.22. The minimum Gasteiger partial charge on any atom is -0.382 e. The summed E-state index contributed by atoms with van der Waals surface area (Å²) in [4.78, 5) is 4.15. The molecule has 0 saturated heterocycles. The van der Waals surface area contributed by atoms with Gasteiger partial charge in [0.15, 0.2) is 11.6 Å². The second-order valence-electron chi connectivity index (χ2n) is 2.91. The molecule has 14 heavy (non-hydrogen) atoms. The number of nitrogen functional groups attached to an aromatic ring is 1. The molecule has 0 aliphatic carbocycles. The van der Waals surface area contributed by atoms with Crippen LogP contribution in [0.15, 0.2) is 16.7 Å². The van der Waals surface area contributed by atoms with Crippen LogP contribution in [0.4, 0.5) is 5.82 Å². The Morgan fingerprint density at radius 1 is 1.43 bits per heavy atom. The zero-order valence-corrected chi connectivity index (χ0v) is 9.03. The molecule has 0 atom stereocenters. The monoisotopic (exact) mass is 255 g/mol. The lowest BCUT2D eigenvalue weighted by Gasteiger charge is -2.02. The van der Waals surface area contributed by atoms with Crippen LogP contribution in [-0.2, 0) is 6.42 Å². The van der Waals surface area contributed by atoms with Crippen LogP contribution in [0.3, 0.4) is 0 Å². The fourth-order valence-electron chi connectivity index (χ4n) is 1.27. The number of anilines is 1. The molecular formula is C8H10BrN5. The largest absolute Gasteiger partial charge is 0.382 e. The fraction of sp³-hybridized carbons (Fsp3) is 0.250. The molecule has 0 aliphatic rings. The molecule has 0 amide bonds. The average Bonchev–Trinajstić information content (AvgIpc) is 2.49. The highest BCUT2D eigenvalue weighted by Crippen LogP contribution is 2.18. The first-order valence-corrected chi connectivity index (χ1v) is 5.01. The molecule has 0 radical (unpaired) electrons. The van der Waals surface area contributed by atoms with E-state index in [1.54, 1.807) is 4.52 Å². The molecule has 0 fully saturated rings. The molecule has 4 N–H and O–H groups in total. The van der Waals surface area contributed by atoms with E-state index in [-0.39, 0.29) is 0 Å². The molecule has 74 valence electrons. The van der Waals surface area contributed by atoms with E-state index >= 15 is 0 Å². The Balaban J connectivity index is 2.63. The van der Waals surface area contributed by atoms with E-state index < -0.39 is 0 Å². The number of fused-ring (bicyclic) bond motifs is 1. The van der Waals surface area contributed by atoms with Gasteiger partial charge in [-0.25, -0.2) is 9.50 Å². The van der Waals surface area contributed by atoms with Crippen LogP contribution in [0.5, 0.6) is 0 Å². The van der Waals surface area contributed by atoms with Gasteiger partial charge in [-0.3, -0.25) is 0 Å². The minimum atomic E-state index is 0.481. The summed E-state index contributed by atoms with van der Waals surface area (Å²) in [5.41, 5.74) is 12.0. The normalized spacial score (nSPS) is 11.0. The van der Waals surface area contributed by atoms with Gasteiger partial charge >= 0.3 is 0 Å². The summed E-state index contributed by atoms with van der Waals surface area (Å²) in [6.45, 7) is 0.518. The van der Waals surface area contributed by atoms with Crippen molar-refractivity contribution in [3.63, 3.8) is 0 Å². The molecular weight excluding hydrogens is 246 g/mol. The number of rotatable bonds is 2. The van der Waals surface area contributed by atoms with E-state index in [9.17, 15) is 0 Å². The van der Waals surface area contributed by atoms with Crippen molar-refractivity contribution in [3.8, 4) is 0 Å². The molecule has 5 nitrogen and oxygen atoms in total. The van der Waals surface area contributed by atoms with Gasteiger partial charge < -0.3 is 11.5 Å². The Bertz CT molecular complexity index is 464. The SMILES string of the molecule is NCCc1nc(N)c2ccc(Br)n2n1. The van der Waals surface area contributed by atoms with Gasteiger partial charge in [0.25, 0.3) is 0 Å². The zero-order chi connectivity index (χ0) is 10.1. The van der Waals surface area contributed by atoms with Crippen molar-refractivity contribution in [3.05, 3.63) is 22.6 Å². The van der Waals surface area contributed by atoms with E-state index in [0.29, 0.717) is 24.6 Å². The number of aromatic nitrogens is 3. The van der Waals surface area contributed by atoms with Crippen molar-refractivity contribution in [2.75, 3.05) is 12.3 Å². The van der Waals surface area contributed by atoms with Gasteiger partial charge in [-0.15, -0.1) is 0 Å². The first-order chi connectivity index (χ1) is 6.72. The van der Waals surface area contributed by atoms with Gasteiger partial charge in [-0.2, -0.15) is 5.10 Å². The lowest BCUT2D eigenvalue weighted by atomic mass is 10.4. The highest BCUT2D eigenvalue weighted by Gasteiger charge is 2.06. The van der Waals surface area contributed by atoms with Crippen LogP contribution >= 0.6 is 15.9 Å². The van der Waals surface area contributed by atoms with Crippen molar-refractivity contribution < 1.29 is 0 Å². The lowest BCUT2D eigenvalue weighted by Crippen LogP contribution is -2.11. The van der Waals surface area contributed by atoms with Crippen LogP contribution in [-0.4, -0.2) is 21.1 Å². The molecule has 2 aromatic heterocycles. The Morgan fingerprint density at radius 3 is 2.93 bits per heavy atom. The maximum absolute atomic E-state index is 5.77. The van der Waals surface area contributed by atoms with Crippen LogP contribution in [0, 0.1) is 0 Å². The zero-order valence-electron chi connectivity index (χ0n) is 7.44. The second-order valence-corrected chi connectivity index (χ2v) is 3.72. The van der Waals surface area contributed by atoms with E-state index in [1.165, 1.54) is 0 Å². The highest BCUT2D eigenvalue weighted by atomic mass is 79.9. The summed E-state index contributed by atoms with van der Waals surface area (Å²) in [7, 11) is 0. The predicted octanol–water partition coefficient (Wildman–Crippen LogP) is 0.575. The summed E-state index contributed by atoms with van der Waals surface area (Å²) in [6, 6.07) is 3.75. The molecule has 0 saturated carbocycles. The van der Waals surface area contributed by atoms with E-state index in [2.05, 4.69) is 26.0 Å². The van der Waals surface area contributed by atoms with E-state index in [0.717, 1.165) is 10.1 Å². The molecule has 2 aromatic rings.